The molecular formula is C26H28N2O3. The van der Waals surface area contributed by atoms with Crippen LogP contribution in [0.4, 0.5) is 5.69 Å². The van der Waals surface area contributed by atoms with E-state index in [1.54, 1.807) is 0 Å². The molecule has 1 N–H and O–H groups in total. The van der Waals surface area contributed by atoms with Gasteiger partial charge in [-0.05, 0) is 48.4 Å². The van der Waals surface area contributed by atoms with E-state index in [4.69, 9.17) is 0 Å². The lowest BCUT2D eigenvalue weighted by molar-refractivity contribution is -0.147. The van der Waals surface area contributed by atoms with Gasteiger partial charge in [0.1, 0.15) is 6.04 Å². The van der Waals surface area contributed by atoms with Crippen molar-refractivity contribution in [3.05, 3.63) is 66.7 Å². The van der Waals surface area contributed by atoms with Crippen LogP contribution in [-0.2, 0) is 14.4 Å². The van der Waals surface area contributed by atoms with E-state index >= 15 is 0 Å². The van der Waals surface area contributed by atoms with Crippen LogP contribution >= 0.6 is 0 Å². The highest BCUT2D eigenvalue weighted by Crippen LogP contribution is 2.37. The smallest absolute Gasteiger partial charge is 0.247 e. The summed E-state index contributed by atoms with van der Waals surface area (Å²) < 4.78 is 0. The van der Waals surface area contributed by atoms with Gasteiger partial charge in [0, 0.05) is 5.69 Å². The maximum atomic E-state index is 13.2. The first-order chi connectivity index (χ1) is 15.0. The number of anilines is 1. The molecule has 160 valence electrons. The minimum absolute atomic E-state index is 0.164. The number of allylic oxidation sites excluding steroid dienone is 2. The van der Waals surface area contributed by atoms with E-state index in [1.807, 2.05) is 80.6 Å². The van der Waals surface area contributed by atoms with Crippen LogP contribution in [0.1, 0.15) is 33.1 Å². The second-order valence-electron chi connectivity index (χ2n) is 8.78. The molecule has 1 aliphatic heterocycles. The summed E-state index contributed by atoms with van der Waals surface area (Å²) >= 11 is 0. The standard InChI is InChI=1S/C26H28N2O3/c1-17(2)16-23(28-25(30)21-10-6-7-11-22(21)26(28)31)24(29)27-20-14-12-19(13-15-20)18-8-4-3-5-9-18/h3-9,12-15,17,21-23H,10-11,16H2,1-2H3,(H,27,29). The van der Waals surface area contributed by atoms with E-state index in [2.05, 4.69) is 5.32 Å². The predicted octanol–water partition coefficient (Wildman–Crippen LogP) is 4.66. The lowest BCUT2D eigenvalue weighted by atomic mass is 9.85. The summed E-state index contributed by atoms with van der Waals surface area (Å²) in [4.78, 5) is 40.5. The van der Waals surface area contributed by atoms with E-state index in [0.717, 1.165) is 11.1 Å². The van der Waals surface area contributed by atoms with E-state index in [9.17, 15) is 14.4 Å². The molecule has 0 radical (unpaired) electrons. The average molecular weight is 417 g/mol. The number of nitrogens with one attached hydrogen (secondary N) is 1. The summed E-state index contributed by atoms with van der Waals surface area (Å²) in [5.74, 6) is -1.22. The second-order valence-corrected chi connectivity index (χ2v) is 8.78. The zero-order chi connectivity index (χ0) is 22.0. The van der Waals surface area contributed by atoms with Crippen LogP contribution < -0.4 is 5.32 Å². The molecule has 2 aromatic rings. The van der Waals surface area contributed by atoms with Gasteiger partial charge in [0.25, 0.3) is 0 Å². The summed E-state index contributed by atoms with van der Waals surface area (Å²) in [6.07, 6.45) is 5.51. The molecule has 5 heteroatoms. The molecule has 0 saturated carbocycles. The molecule has 31 heavy (non-hydrogen) atoms. The Labute approximate surface area is 183 Å². The first-order valence-corrected chi connectivity index (χ1v) is 10.9. The van der Waals surface area contributed by atoms with E-state index in [-0.39, 0.29) is 35.5 Å². The number of fused-ring (bicyclic) bond motifs is 1. The fraction of sp³-hybridized carbons (Fsp3) is 0.346. The maximum absolute atomic E-state index is 13.2. The van der Waals surface area contributed by atoms with Crippen LogP contribution in [0.2, 0.25) is 0 Å². The van der Waals surface area contributed by atoms with Crippen molar-refractivity contribution in [2.24, 2.45) is 17.8 Å². The van der Waals surface area contributed by atoms with Crippen LogP contribution in [-0.4, -0.2) is 28.7 Å². The van der Waals surface area contributed by atoms with Crippen molar-refractivity contribution < 1.29 is 14.4 Å². The van der Waals surface area contributed by atoms with Crippen LogP contribution in [0.5, 0.6) is 0 Å². The summed E-state index contributed by atoms with van der Waals surface area (Å²) in [5, 5.41) is 2.92. The zero-order valence-electron chi connectivity index (χ0n) is 18.0. The Bertz CT molecular complexity index is 969. The van der Waals surface area contributed by atoms with Gasteiger partial charge in [0.05, 0.1) is 11.8 Å². The van der Waals surface area contributed by atoms with Gasteiger partial charge in [-0.2, -0.15) is 0 Å². The third kappa shape index (κ3) is 4.31. The first-order valence-electron chi connectivity index (χ1n) is 10.9. The first kappa shape index (κ1) is 21.0. The number of imide groups is 1. The number of nitrogens with zero attached hydrogens (tertiary/aromatic N) is 1. The predicted molar refractivity (Wildman–Crippen MR) is 121 cm³/mol. The molecule has 3 unspecified atom stereocenters. The van der Waals surface area contributed by atoms with Crippen LogP contribution in [0.3, 0.4) is 0 Å². The van der Waals surface area contributed by atoms with E-state index in [1.165, 1.54) is 4.90 Å². The van der Waals surface area contributed by atoms with Gasteiger partial charge >= 0.3 is 0 Å². The van der Waals surface area contributed by atoms with Crippen molar-refractivity contribution in [2.45, 2.75) is 39.2 Å². The molecule has 1 heterocycles. The molecule has 1 fully saturated rings. The average Bonchev–Trinajstić information content (AvgIpc) is 3.03. The molecule has 0 spiro atoms. The monoisotopic (exact) mass is 416 g/mol. The van der Waals surface area contributed by atoms with Crippen molar-refractivity contribution in [2.75, 3.05) is 5.32 Å². The molecule has 1 aliphatic carbocycles. The van der Waals surface area contributed by atoms with Gasteiger partial charge in [-0.25, -0.2) is 0 Å². The molecule has 0 aromatic heterocycles. The molecular weight excluding hydrogens is 388 g/mol. The van der Waals surface area contributed by atoms with Crippen LogP contribution in [0.25, 0.3) is 11.1 Å². The highest BCUT2D eigenvalue weighted by molar-refractivity contribution is 6.10. The number of carbonyl (C=O) groups excluding carboxylic acids is 3. The number of hydrogen-bond acceptors (Lipinski definition) is 3. The Morgan fingerprint density at radius 2 is 1.45 bits per heavy atom. The van der Waals surface area contributed by atoms with Crippen molar-refractivity contribution in [1.29, 1.82) is 0 Å². The van der Waals surface area contributed by atoms with Crippen LogP contribution in [0.15, 0.2) is 66.7 Å². The van der Waals surface area contributed by atoms with Crippen molar-refractivity contribution in [3.63, 3.8) is 0 Å². The van der Waals surface area contributed by atoms with Gasteiger partial charge in [-0.1, -0.05) is 68.5 Å². The Morgan fingerprint density at radius 1 is 0.903 bits per heavy atom. The summed E-state index contributed by atoms with van der Waals surface area (Å²) in [6.45, 7) is 3.99. The third-order valence-electron chi connectivity index (χ3n) is 6.11. The second kappa shape index (κ2) is 8.88. The molecule has 1 saturated heterocycles. The van der Waals surface area contributed by atoms with Gasteiger partial charge in [0.15, 0.2) is 0 Å². The van der Waals surface area contributed by atoms with E-state index in [0.29, 0.717) is 24.9 Å². The highest BCUT2D eigenvalue weighted by atomic mass is 16.2. The Morgan fingerprint density at radius 3 is 2.00 bits per heavy atom. The normalized spacial score (nSPS) is 21.3. The minimum atomic E-state index is -0.792. The molecule has 3 atom stereocenters. The highest BCUT2D eigenvalue weighted by Gasteiger charge is 2.51. The van der Waals surface area contributed by atoms with Gasteiger partial charge in [0.2, 0.25) is 17.7 Å². The molecule has 5 nitrogen and oxygen atoms in total. The van der Waals surface area contributed by atoms with Gasteiger partial charge in [-0.15, -0.1) is 0 Å². The number of hydrogen-bond donors (Lipinski definition) is 1. The quantitative estimate of drug-likeness (QED) is 0.550. The topological polar surface area (TPSA) is 66.5 Å². The number of carbonyl (C=O) groups is 3. The summed E-state index contributed by atoms with van der Waals surface area (Å²) in [7, 11) is 0. The lowest BCUT2D eigenvalue weighted by Gasteiger charge is -2.27. The maximum Gasteiger partial charge on any atom is 0.247 e. The molecule has 2 aliphatic rings. The number of benzene rings is 2. The number of likely N-dealkylation sites (tertiary alicyclic amines) is 1. The SMILES string of the molecule is CC(C)CC(C(=O)Nc1ccc(-c2ccccc2)cc1)N1C(=O)C2CC=CCC2C1=O. The minimum Gasteiger partial charge on any atom is -0.324 e. The molecule has 4 rings (SSSR count). The van der Waals surface area contributed by atoms with Gasteiger partial charge < -0.3 is 5.32 Å². The lowest BCUT2D eigenvalue weighted by Crippen LogP contribution is -2.48. The van der Waals surface area contributed by atoms with Crippen molar-refractivity contribution >= 4 is 23.4 Å². The fourth-order valence-electron chi connectivity index (χ4n) is 4.51. The molecule has 2 aromatic carbocycles. The Balaban J connectivity index is 1.52. The van der Waals surface area contributed by atoms with Crippen molar-refractivity contribution in [3.8, 4) is 11.1 Å². The van der Waals surface area contributed by atoms with Crippen LogP contribution in [0, 0.1) is 17.8 Å². The zero-order valence-corrected chi connectivity index (χ0v) is 18.0. The van der Waals surface area contributed by atoms with E-state index < -0.39 is 6.04 Å². The van der Waals surface area contributed by atoms with Crippen molar-refractivity contribution in [1.82, 2.24) is 4.90 Å². The number of amides is 3. The fourth-order valence-corrected chi connectivity index (χ4v) is 4.51. The van der Waals surface area contributed by atoms with Gasteiger partial charge in [-0.3, -0.25) is 19.3 Å². The molecule has 3 amide bonds. The third-order valence-corrected chi connectivity index (χ3v) is 6.11. The largest absolute Gasteiger partial charge is 0.324 e. The Kier molecular flexibility index (Phi) is 6.03. The summed E-state index contributed by atoms with van der Waals surface area (Å²) in [6, 6.07) is 16.8. The Hall–Kier alpha value is -3.21. The summed E-state index contributed by atoms with van der Waals surface area (Å²) in [5.41, 5.74) is 2.80. The molecule has 0 bridgehead atoms. The number of rotatable bonds is 6.